The van der Waals surface area contributed by atoms with Crippen LogP contribution in [0.15, 0.2) is 0 Å². The van der Waals surface area contributed by atoms with Crippen molar-refractivity contribution in [2.45, 2.75) is 46.0 Å². The molecule has 1 N–H and O–H groups in total. The van der Waals surface area contributed by atoms with Gasteiger partial charge in [-0.25, -0.2) is 0 Å². The third-order valence-electron chi connectivity index (χ3n) is 3.57. The summed E-state index contributed by atoms with van der Waals surface area (Å²) < 4.78 is 0. The van der Waals surface area contributed by atoms with Gasteiger partial charge in [-0.05, 0) is 50.1 Å². The molecule has 2 atom stereocenters. The second kappa shape index (κ2) is 7.51. The highest BCUT2D eigenvalue weighted by molar-refractivity contribution is 6.18. The molecule has 90 valence electrons. The van der Waals surface area contributed by atoms with E-state index < -0.39 is 0 Å². The Morgan fingerprint density at radius 1 is 1.20 bits per heavy atom. The SMILES string of the molecule is CC(C)CCNCC1CCCCC1CCl. The predicted molar refractivity (Wildman–Crippen MR) is 68.5 cm³/mol. The van der Waals surface area contributed by atoms with Crippen molar-refractivity contribution >= 4 is 11.6 Å². The Bertz CT molecular complexity index is 159. The van der Waals surface area contributed by atoms with E-state index in [0.29, 0.717) is 0 Å². The van der Waals surface area contributed by atoms with E-state index in [9.17, 15) is 0 Å². The lowest BCUT2D eigenvalue weighted by molar-refractivity contribution is 0.250. The van der Waals surface area contributed by atoms with E-state index in [4.69, 9.17) is 11.6 Å². The molecule has 0 radical (unpaired) electrons. The normalized spacial score (nSPS) is 27.2. The van der Waals surface area contributed by atoms with E-state index in [-0.39, 0.29) is 0 Å². The smallest absolute Gasteiger partial charge is 0.0254 e. The second-order valence-electron chi connectivity index (χ2n) is 5.35. The third-order valence-corrected chi connectivity index (χ3v) is 3.97. The van der Waals surface area contributed by atoms with Crippen molar-refractivity contribution in [1.29, 1.82) is 0 Å². The average molecular weight is 232 g/mol. The monoisotopic (exact) mass is 231 g/mol. The standard InChI is InChI=1S/C13H26ClN/c1-11(2)7-8-15-10-13-6-4-3-5-12(13)9-14/h11-13,15H,3-10H2,1-2H3. The minimum absolute atomic E-state index is 0.770. The minimum Gasteiger partial charge on any atom is -0.316 e. The van der Waals surface area contributed by atoms with Gasteiger partial charge in [0.25, 0.3) is 0 Å². The van der Waals surface area contributed by atoms with Crippen molar-refractivity contribution in [3.63, 3.8) is 0 Å². The van der Waals surface area contributed by atoms with E-state index in [0.717, 1.165) is 23.6 Å². The Morgan fingerprint density at radius 2 is 1.87 bits per heavy atom. The van der Waals surface area contributed by atoms with Gasteiger partial charge in [-0.3, -0.25) is 0 Å². The van der Waals surface area contributed by atoms with Crippen LogP contribution in [0.4, 0.5) is 0 Å². The fourth-order valence-corrected chi connectivity index (χ4v) is 2.84. The topological polar surface area (TPSA) is 12.0 Å². The van der Waals surface area contributed by atoms with Crippen LogP contribution < -0.4 is 5.32 Å². The van der Waals surface area contributed by atoms with Crippen LogP contribution in [0, 0.1) is 17.8 Å². The van der Waals surface area contributed by atoms with Crippen molar-refractivity contribution in [1.82, 2.24) is 5.32 Å². The molecule has 2 unspecified atom stereocenters. The quantitative estimate of drug-likeness (QED) is 0.544. The van der Waals surface area contributed by atoms with Crippen LogP contribution in [-0.2, 0) is 0 Å². The van der Waals surface area contributed by atoms with Gasteiger partial charge >= 0.3 is 0 Å². The molecule has 1 aliphatic carbocycles. The molecule has 1 aliphatic rings. The Hall–Kier alpha value is 0.250. The molecule has 0 aromatic rings. The van der Waals surface area contributed by atoms with Gasteiger partial charge in [0.05, 0.1) is 0 Å². The zero-order chi connectivity index (χ0) is 11.1. The maximum Gasteiger partial charge on any atom is 0.0254 e. The molecule has 0 bridgehead atoms. The zero-order valence-electron chi connectivity index (χ0n) is 10.3. The number of halogens is 1. The summed E-state index contributed by atoms with van der Waals surface area (Å²) in [5.74, 6) is 3.28. The fraction of sp³-hybridized carbons (Fsp3) is 1.00. The summed E-state index contributed by atoms with van der Waals surface area (Å²) in [5, 5.41) is 3.59. The molecule has 0 aromatic carbocycles. The largest absolute Gasteiger partial charge is 0.316 e. The first-order valence-corrected chi connectivity index (χ1v) is 7.04. The molecule has 0 spiro atoms. The fourth-order valence-electron chi connectivity index (χ4n) is 2.43. The van der Waals surface area contributed by atoms with E-state index in [1.807, 2.05) is 0 Å². The van der Waals surface area contributed by atoms with Crippen LogP contribution in [0.2, 0.25) is 0 Å². The van der Waals surface area contributed by atoms with Gasteiger partial charge in [0.15, 0.2) is 0 Å². The van der Waals surface area contributed by atoms with Crippen LogP contribution in [-0.4, -0.2) is 19.0 Å². The Morgan fingerprint density at radius 3 is 2.47 bits per heavy atom. The molecule has 0 heterocycles. The van der Waals surface area contributed by atoms with E-state index >= 15 is 0 Å². The molecule has 1 fully saturated rings. The maximum absolute atomic E-state index is 6.01. The molecular formula is C13H26ClN. The number of hydrogen-bond acceptors (Lipinski definition) is 1. The summed E-state index contributed by atoms with van der Waals surface area (Å²) in [4.78, 5) is 0. The first-order valence-electron chi connectivity index (χ1n) is 6.50. The zero-order valence-corrected chi connectivity index (χ0v) is 11.0. The Labute approximate surface area is 100.0 Å². The lowest BCUT2D eigenvalue weighted by atomic mass is 9.80. The molecule has 15 heavy (non-hydrogen) atoms. The van der Waals surface area contributed by atoms with Gasteiger partial charge in [0.1, 0.15) is 0 Å². The van der Waals surface area contributed by atoms with Crippen molar-refractivity contribution in [2.75, 3.05) is 19.0 Å². The summed E-state index contributed by atoms with van der Waals surface area (Å²) in [6.07, 6.45) is 6.81. The summed E-state index contributed by atoms with van der Waals surface area (Å²) in [5.41, 5.74) is 0. The van der Waals surface area contributed by atoms with E-state index in [2.05, 4.69) is 19.2 Å². The van der Waals surface area contributed by atoms with E-state index in [1.54, 1.807) is 0 Å². The van der Waals surface area contributed by atoms with Crippen LogP contribution in [0.25, 0.3) is 0 Å². The maximum atomic E-state index is 6.01. The van der Waals surface area contributed by atoms with Crippen molar-refractivity contribution in [3.8, 4) is 0 Å². The van der Waals surface area contributed by atoms with Crippen LogP contribution >= 0.6 is 11.6 Å². The average Bonchev–Trinajstić information content (AvgIpc) is 2.24. The molecular weight excluding hydrogens is 206 g/mol. The summed E-state index contributed by atoms with van der Waals surface area (Å²) >= 11 is 6.01. The molecule has 1 saturated carbocycles. The molecule has 1 nitrogen and oxygen atoms in total. The van der Waals surface area contributed by atoms with Gasteiger partial charge in [-0.15, -0.1) is 11.6 Å². The van der Waals surface area contributed by atoms with Gasteiger partial charge < -0.3 is 5.32 Å². The van der Waals surface area contributed by atoms with Gasteiger partial charge in [-0.2, -0.15) is 0 Å². The highest BCUT2D eigenvalue weighted by Crippen LogP contribution is 2.30. The van der Waals surface area contributed by atoms with Gasteiger partial charge in [0, 0.05) is 5.88 Å². The second-order valence-corrected chi connectivity index (χ2v) is 5.65. The molecule has 2 heteroatoms. The van der Waals surface area contributed by atoms with Crippen LogP contribution in [0.5, 0.6) is 0 Å². The highest BCUT2D eigenvalue weighted by atomic mass is 35.5. The Balaban J connectivity index is 2.12. The van der Waals surface area contributed by atoms with Crippen LogP contribution in [0.1, 0.15) is 46.0 Å². The number of nitrogens with one attached hydrogen (secondary N) is 1. The predicted octanol–water partition coefficient (Wildman–Crippen LogP) is 3.67. The number of hydrogen-bond donors (Lipinski definition) is 1. The third kappa shape index (κ3) is 5.21. The van der Waals surface area contributed by atoms with Crippen LogP contribution in [0.3, 0.4) is 0 Å². The summed E-state index contributed by atoms with van der Waals surface area (Å²) in [6, 6.07) is 0. The van der Waals surface area contributed by atoms with Crippen molar-refractivity contribution < 1.29 is 0 Å². The van der Waals surface area contributed by atoms with Gasteiger partial charge in [-0.1, -0.05) is 26.7 Å². The van der Waals surface area contributed by atoms with Gasteiger partial charge in [0.2, 0.25) is 0 Å². The molecule has 0 saturated heterocycles. The summed E-state index contributed by atoms with van der Waals surface area (Å²) in [6.45, 7) is 6.92. The Kier molecular flexibility index (Phi) is 6.67. The number of rotatable bonds is 6. The molecule has 0 amide bonds. The highest BCUT2D eigenvalue weighted by Gasteiger charge is 2.23. The minimum atomic E-state index is 0.770. The van der Waals surface area contributed by atoms with Crippen molar-refractivity contribution in [3.05, 3.63) is 0 Å². The number of alkyl halides is 1. The lowest BCUT2D eigenvalue weighted by Gasteiger charge is -2.30. The van der Waals surface area contributed by atoms with Crippen molar-refractivity contribution in [2.24, 2.45) is 17.8 Å². The lowest BCUT2D eigenvalue weighted by Crippen LogP contribution is -2.32. The molecule has 1 rings (SSSR count). The molecule has 0 aromatic heterocycles. The molecule has 0 aliphatic heterocycles. The summed E-state index contributed by atoms with van der Waals surface area (Å²) in [7, 11) is 0. The first-order chi connectivity index (χ1) is 7.24. The van der Waals surface area contributed by atoms with E-state index in [1.165, 1.54) is 45.2 Å². The first kappa shape index (κ1) is 13.3.